The maximum Gasteiger partial charge on any atom is 0.132 e. The predicted octanol–water partition coefficient (Wildman–Crippen LogP) is 2.35. The van der Waals surface area contributed by atoms with Gasteiger partial charge in [-0.25, -0.2) is 14.4 Å². The summed E-state index contributed by atoms with van der Waals surface area (Å²) in [7, 11) is 0. The lowest BCUT2D eigenvalue weighted by molar-refractivity contribution is 0.631. The number of fused-ring (bicyclic) bond motifs is 1. The summed E-state index contributed by atoms with van der Waals surface area (Å²) >= 11 is 0. The van der Waals surface area contributed by atoms with Crippen molar-refractivity contribution in [3.05, 3.63) is 42.6 Å². The summed E-state index contributed by atoms with van der Waals surface area (Å²) in [6.07, 6.45) is 3.03. The van der Waals surface area contributed by atoms with E-state index in [-0.39, 0.29) is 5.82 Å². The van der Waals surface area contributed by atoms with E-state index < -0.39 is 0 Å². The Balaban J connectivity index is 2.32. The fourth-order valence-corrected chi connectivity index (χ4v) is 1.83. The Morgan fingerprint density at radius 2 is 2.06 bits per heavy atom. The van der Waals surface area contributed by atoms with Gasteiger partial charge in [0.1, 0.15) is 17.7 Å². The first-order valence-electron chi connectivity index (χ1n) is 5.09. The molecule has 0 radical (unpaired) electrons. The van der Waals surface area contributed by atoms with E-state index in [9.17, 15) is 4.39 Å². The summed E-state index contributed by atoms with van der Waals surface area (Å²) in [5.41, 5.74) is 8.67. The van der Waals surface area contributed by atoms with Crippen LogP contribution in [-0.4, -0.2) is 15.0 Å². The molecule has 2 heterocycles. The zero-order chi connectivity index (χ0) is 11.8. The number of nitrogens with one attached hydrogen (secondary N) is 1. The summed E-state index contributed by atoms with van der Waals surface area (Å²) < 4.78 is 13.7. The molecule has 0 bridgehead atoms. The first kappa shape index (κ1) is 9.77. The van der Waals surface area contributed by atoms with Gasteiger partial charge in [0.05, 0.1) is 23.1 Å². The second kappa shape index (κ2) is 3.55. The largest absolute Gasteiger partial charge is 0.395 e. The first-order chi connectivity index (χ1) is 8.27. The average Bonchev–Trinajstić information content (AvgIpc) is 2.68. The summed E-state index contributed by atoms with van der Waals surface area (Å²) in [6.45, 7) is 0. The van der Waals surface area contributed by atoms with E-state index in [1.807, 2.05) is 0 Å². The summed E-state index contributed by atoms with van der Waals surface area (Å²) in [6, 6.07) is 6.46. The Hall–Kier alpha value is -2.43. The average molecular weight is 228 g/mol. The van der Waals surface area contributed by atoms with Crippen molar-refractivity contribution in [3.8, 4) is 11.3 Å². The van der Waals surface area contributed by atoms with Gasteiger partial charge >= 0.3 is 0 Å². The van der Waals surface area contributed by atoms with E-state index >= 15 is 0 Å². The molecular weight excluding hydrogens is 219 g/mol. The number of benzene rings is 1. The van der Waals surface area contributed by atoms with Crippen molar-refractivity contribution in [2.24, 2.45) is 0 Å². The van der Waals surface area contributed by atoms with Gasteiger partial charge < -0.3 is 10.7 Å². The SMILES string of the molecule is Nc1c(-c2ccccc2F)[nH]c2cncnc12. The zero-order valence-corrected chi connectivity index (χ0v) is 8.81. The van der Waals surface area contributed by atoms with Gasteiger partial charge in [-0.1, -0.05) is 12.1 Å². The topological polar surface area (TPSA) is 67.6 Å². The van der Waals surface area contributed by atoms with E-state index in [0.717, 1.165) is 0 Å². The minimum absolute atomic E-state index is 0.321. The number of rotatable bonds is 1. The maximum atomic E-state index is 13.7. The van der Waals surface area contributed by atoms with Crippen LogP contribution < -0.4 is 5.73 Å². The lowest BCUT2D eigenvalue weighted by atomic mass is 10.1. The zero-order valence-electron chi connectivity index (χ0n) is 8.81. The molecule has 0 aliphatic heterocycles. The lowest BCUT2D eigenvalue weighted by Gasteiger charge is -2.01. The Labute approximate surface area is 96.3 Å². The Morgan fingerprint density at radius 3 is 2.82 bits per heavy atom. The van der Waals surface area contributed by atoms with E-state index in [4.69, 9.17) is 5.73 Å². The Morgan fingerprint density at radius 1 is 1.24 bits per heavy atom. The van der Waals surface area contributed by atoms with Gasteiger partial charge in [-0.2, -0.15) is 0 Å². The van der Waals surface area contributed by atoms with Gasteiger partial charge in [-0.05, 0) is 12.1 Å². The molecular formula is C12H9FN4. The van der Waals surface area contributed by atoms with Crippen molar-refractivity contribution in [1.29, 1.82) is 0 Å². The van der Waals surface area contributed by atoms with Gasteiger partial charge in [-0.15, -0.1) is 0 Å². The maximum absolute atomic E-state index is 13.7. The molecule has 0 aliphatic carbocycles. The quantitative estimate of drug-likeness (QED) is 0.671. The number of H-pyrrole nitrogens is 1. The van der Waals surface area contributed by atoms with Crippen LogP contribution in [0.3, 0.4) is 0 Å². The fourth-order valence-electron chi connectivity index (χ4n) is 1.83. The molecule has 2 aromatic heterocycles. The van der Waals surface area contributed by atoms with Crippen LogP contribution in [0.4, 0.5) is 10.1 Å². The lowest BCUT2D eigenvalue weighted by Crippen LogP contribution is -1.90. The predicted molar refractivity (Wildman–Crippen MR) is 63.7 cm³/mol. The molecule has 0 saturated heterocycles. The summed E-state index contributed by atoms with van der Waals surface area (Å²) in [5, 5.41) is 0. The fraction of sp³-hybridized carbons (Fsp3) is 0. The summed E-state index contributed by atoms with van der Waals surface area (Å²) in [5.74, 6) is -0.321. The van der Waals surface area contributed by atoms with Crippen molar-refractivity contribution < 1.29 is 4.39 Å². The third kappa shape index (κ3) is 1.44. The second-order valence-corrected chi connectivity index (χ2v) is 3.68. The number of halogens is 1. The standard InChI is InChI=1S/C12H9FN4/c13-8-4-2-1-3-7(8)11-10(14)12-9(17-11)5-15-6-16-12/h1-6,17H,14H2. The number of hydrogen-bond acceptors (Lipinski definition) is 3. The highest BCUT2D eigenvalue weighted by atomic mass is 19.1. The highest BCUT2D eigenvalue weighted by Gasteiger charge is 2.13. The molecule has 0 saturated carbocycles. The normalized spacial score (nSPS) is 10.9. The van der Waals surface area contributed by atoms with Gasteiger partial charge in [-0.3, -0.25) is 0 Å². The van der Waals surface area contributed by atoms with Gasteiger partial charge in [0.15, 0.2) is 0 Å². The minimum Gasteiger partial charge on any atom is -0.395 e. The molecule has 84 valence electrons. The van der Waals surface area contributed by atoms with Gasteiger partial charge in [0.25, 0.3) is 0 Å². The number of nitrogen functional groups attached to an aromatic ring is 1. The monoisotopic (exact) mass is 228 g/mol. The summed E-state index contributed by atoms with van der Waals surface area (Å²) in [4.78, 5) is 11.0. The van der Waals surface area contributed by atoms with Gasteiger partial charge in [0.2, 0.25) is 0 Å². The van der Waals surface area contributed by atoms with Crippen LogP contribution in [0.5, 0.6) is 0 Å². The third-order valence-electron chi connectivity index (χ3n) is 2.64. The smallest absolute Gasteiger partial charge is 0.132 e. The van der Waals surface area contributed by atoms with Crippen molar-refractivity contribution in [3.63, 3.8) is 0 Å². The molecule has 3 aromatic rings. The number of aromatic nitrogens is 3. The molecule has 0 unspecified atom stereocenters. The number of anilines is 1. The van der Waals surface area contributed by atoms with Gasteiger partial charge in [0, 0.05) is 5.56 Å². The molecule has 0 atom stereocenters. The molecule has 3 rings (SSSR count). The Bertz CT molecular complexity index is 690. The van der Waals surface area contributed by atoms with Crippen molar-refractivity contribution >= 4 is 16.7 Å². The van der Waals surface area contributed by atoms with Crippen LogP contribution in [-0.2, 0) is 0 Å². The second-order valence-electron chi connectivity index (χ2n) is 3.68. The molecule has 4 nitrogen and oxygen atoms in total. The molecule has 5 heteroatoms. The molecule has 0 spiro atoms. The third-order valence-corrected chi connectivity index (χ3v) is 2.64. The van der Waals surface area contributed by atoms with E-state index in [1.165, 1.54) is 12.4 Å². The van der Waals surface area contributed by atoms with Crippen LogP contribution in [0.1, 0.15) is 0 Å². The number of hydrogen-bond donors (Lipinski definition) is 2. The van der Waals surface area contributed by atoms with Crippen LogP contribution in [0.2, 0.25) is 0 Å². The van der Waals surface area contributed by atoms with Crippen molar-refractivity contribution in [2.45, 2.75) is 0 Å². The highest BCUT2D eigenvalue weighted by Crippen LogP contribution is 2.31. The van der Waals surface area contributed by atoms with Crippen LogP contribution in [0.25, 0.3) is 22.3 Å². The molecule has 17 heavy (non-hydrogen) atoms. The minimum atomic E-state index is -0.321. The van der Waals surface area contributed by atoms with Crippen LogP contribution >= 0.6 is 0 Å². The van der Waals surface area contributed by atoms with Crippen molar-refractivity contribution in [1.82, 2.24) is 15.0 Å². The van der Waals surface area contributed by atoms with E-state index in [1.54, 1.807) is 24.4 Å². The molecule has 1 aromatic carbocycles. The molecule has 3 N–H and O–H groups in total. The van der Waals surface area contributed by atoms with E-state index in [0.29, 0.717) is 28.0 Å². The van der Waals surface area contributed by atoms with E-state index in [2.05, 4.69) is 15.0 Å². The van der Waals surface area contributed by atoms with Crippen LogP contribution in [0.15, 0.2) is 36.8 Å². The number of nitrogens with two attached hydrogens (primary N) is 1. The first-order valence-corrected chi connectivity index (χ1v) is 5.09. The van der Waals surface area contributed by atoms with Crippen LogP contribution in [0, 0.1) is 5.82 Å². The molecule has 0 fully saturated rings. The Kier molecular flexibility index (Phi) is 2.04. The number of nitrogens with zero attached hydrogens (tertiary/aromatic N) is 2. The molecule has 0 amide bonds. The highest BCUT2D eigenvalue weighted by molar-refractivity contribution is 5.96. The van der Waals surface area contributed by atoms with Crippen molar-refractivity contribution in [2.75, 3.05) is 5.73 Å². The number of aromatic amines is 1. The molecule has 0 aliphatic rings.